The van der Waals surface area contributed by atoms with Crippen LogP contribution in [0, 0.1) is 11.3 Å². The predicted octanol–water partition coefficient (Wildman–Crippen LogP) is 0.677. The summed E-state index contributed by atoms with van der Waals surface area (Å²) in [6, 6.07) is 5.12. The fourth-order valence-electron chi connectivity index (χ4n) is 1.05. The van der Waals surface area contributed by atoms with Gasteiger partial charge in [-0.15, -0.1) is 0 Å². The summed E-state index contributed by atoms with van der Waals surface area (Å²) in [5.41, 5.74) is 0.713. The number of nitriles is 1. The third-order valence-electron chi connectivity index (χ3n) is 1.83. The summed E-state index contributed by atoms with van der Waals surface area (Å²) in [6.07, 6.45) is 0.0381. The van der Waals surface area contributed by atoms with Crippen LogP contribution in [0.2, 0.25) is 0 Å². The molecular weight excluding hydrogens is 196 g/mol. The van der Waals surface area contributed by atoms with Gasteiger partial charge in [0.2, 0.25) is 5.88 Å². The van der Waals surface area contributed by atoms with Crippen LogP contribution < -0.4 is 4.74 Å². The summed E-state index contributed by atoms with van der Waals surface area (Å²) >= 11 is 0. The number of carbonyl (C=O) groups is 1. The first-order valence-electron chi connectivity index (χ1n) is 4.22. The molecular formula is C10H10N2O3. The van der Waals surface area contributed by atoms with Crippen LogP contribution in [0.4, 0.5) is 0 Å². The van der Waals surface area contributed by atoms with Crippen LogP contribution in [0.1, 0.15) is 11.3 Å². The second-order valence-corrected chi connectivity index (χ2v) is 2.73. The highest BCUT2D eigenvalue weighted by atomic mass is 16.5. The molecule has 0 radical (unpaired) electrons. The van der Waals surface area contributed by atoms with Gasteiger partial charge in [0.1, 0.15) is 11.8 Å². The van der Waals surface area contributed by atoms with Gasteiger partial charge in [0.05, 0.1) is 20.6 Å². The molecule has 0 aromatic carbocycles. The molecule has 0 spiro atoms. The van der Waals surface area contributed by atoms with Crippen LogP contribution in [0.5, 0.6) is 5.88 Å². The van der Waals surface area contributed by atoms with Crippen LogP contribution in [-0.4, -0.2) is 25.2 Å². The van der Waals surface area contributed by atoms with Crippen molar-refractivity contribution in [1.82, 2.24) is 4.98 Å². The van der Waals surface area contributed by atoms with Gasteiger partial charge >= 0.3 is 5.97 Å². The lowest BCUT2D eigenvalue weighted by molar-refractivity contribution is -0.139. The molecule has 0 N–H and O–H groups in total. The van der Waals surface area contributed by atoms with Crippen molar-refractivity contribution in [1.29, 1.82) is 5.26 Å². The second kappa shape index (κ2) is 4.96. The van der Waals surface area contributed by atoms with Gasteiger partial charge in [-0.2, -0.15) is 5.26 Å². The van der Waals surface area contributed by atoms with Crippen molar-refractivity contribution in [3.8, 4) is 11.9 Å². The molecule has 0 fully saturated rings. The van der Waals surface area contributed by atoms with Gasteiger partial charge in [0.15, 0.2) is 0 Å². The minimum absolute atomic E-state index is 0.0381. The molecule has 0 aliphatic heterocycles. The Morgan fingerprint density at radius 1 is 1.53 bits per heavy atom. The lowest BCUT2D eigenvalue weighted by Gasteiger charge is -2.03. The summed E-state index contributed by atoms with van der Waals surface area (Å²) in [4.78, 5) is 14.9. The quantitative estimate of drug-likeness (QED) is 0.680. The highest BCUT2D eigenvalue weighted by molar-refractivity contribution is 5.73. The minimum Gasteiger partial charge on any atom is -0.481 e. The predicted molar refractivity (Wildman–Crippen MR) is 51.2 cm³/mol. The van der Waals surface area contributed by atoms with Gasteiger partial charge in [0.25, 0.3) is 0 Å². The molecule has 0 aliphatic carbocycles. The molecule has 0 bridgehead atoms. The van der Waals surface area contributed by atoms with Crippen molar-refractivity contribution in [3.63, 3.8) is 0 Å². The Labute approximate surface area is 87.3 Å². The fraction of sp³-hybridized carbons (Fsp3) is 0.300. The van der Waals surface area contributed by atoms with E-state index in [2.05, 4.69) is 9.72 Å². The van der Waals surface area contributed by atoms with Crippen LogP contribution in [-0.2, 0) is 16.0 Å². The number of aromatic nitrogens is 1. The molecule has 1 heterocycles. The van der Waals surface area contributed by atoms with E-state index in [0.717, 1.165) is 0 Å². The number of nitrogens with zero attached hydrogens (tertiary/aromatic N) is 2. The molecule has 0 amide bonds. The van der Waals surface area contributed by atoms with Crippen LogP contribution in [0.25, 0.3) is 0 Å². The van der Waals surface area contributed by atoms with Crippen molar-refractivity contribution in [2.24, 2.45) is 0 Å². The number of rotatable bonds is 3. The van der Waals surface area contributed by atoms with Crippen molar-refractivity contribution >= 4 is 5.97 Å². The van der Waals surface area contributed by atoms with Crippen molar-refractivity contribution in [2.45, 2.75) is 6.42 Å². The van der Waals surface area contributed by atoms with Crippen LogP contribution >= 0.6 is 0 Å². The maximum Gasteiger partial charge on any atom is 0.310 e. The van der Waals surface area contributed by atoms with Gasteiger partial charge in [-0.05, 0) is 5.56 Å². The van der Waals surface area contributed by atoms with Crippen LogP contribution in [0.15, 0.2) is 12.1 Å². The number of methoxy groups -OCH3 is 2. The topological polar surface area (TPSA) is 72.2 Å². The van der Waals surface area contributed by atoms with Gasteiger partial charge < -0.3 is 9.47 Å². The maximum absolute atomic E-state index is 11.0. The highest BCUT2D eigenvalue weighted by Gasteiger charge is 2.10. The maximum atomic E-state index is 11.0. The molecule has 1 aromatic rings. The second-order valence-electron chi connectivity index (χ2n) is 2.73. The Morgan fingerprint density at radius 2 is 2.27 bits per heavy atom. The summed E-state index contributed by atoms with van der Waals surface area (Å²) < 4.78 is 9.37. The van der Waals surface area contributed by atoms with Crippen molar-refractivity contribution < 1.29 is 14.3 Å². The number of esters is 1. The van der Waals surface area contributed by atoms with Gasteiger partial charge in [-0.25, -0.2) is 4.98 Å². The molecule has 1 aromatic heterocycles. The Morgan fingerprint density at radius 3 is 2.80 bits per heavy atom. The Bertz CT molecular complexity index is 410. The summed E-state index contributed by atoms with van der Waals surface area (Å²) in [6.45, 7) is 0. The Hall–Kier alpha value is -2.09. The van der Waals surface area contributed by atoms with E-state index in [1.54, 1.807) is 12.1 Å². The van der Waals surface area contributed by atoms with Crippen molar-refractivity contribution in [3.05, 3.63) is 23.4 Å². The third-order valence-corrected chi connectivity index (χ3v) is 1.83. The van der Waals surface area contributed by atoms with E-state index in [9.17, 15) is 4.79 Å². The fourth-order valence-corrected chi connectivity index (χ4v) is 1.05. The molecule has 78 valence electrons. The number of ether oxygens (including phenoxy) is 2. The molecule has 1 rings (SSSR count). The van der Waals surface area contributed by atoms with E-state index >= 15 is 0 Å². The average Bonchev–Trinajstić information content (AvgIpc) is 2.29. The Balaban J connectivity index is 2.99. The first-order chi connectivity index (χ1) is 7.21. The van der Waals surface area contributed by atoms with Gasteiger partial charge in [-0.3, -0.25) is 4.79 Å². The summed E-state index contributed by atoms with van der Waals surface area (Å²) in [5, 5.41) is 8.80. The molecule has 0 unspecified atom stereocenters. The van der Waals surface area contributed by atoms with Gasteiger partial charge in [0, 0.05) is 6.07 Å². The van der Waals surface area contributed by atoms with E-state index in [4.69, 9.17) is 10.00 Å². The molecule has 5 nitrogen and oxygen atoms in total. The van der Waals surface area contributed by atoms with Crippen molar-refractivity contribution in [2.75, 3.05) is 14.2 Å². The monoisotopic (exact) mass is 206 g/mol. The molecule has 0 saturated carbocycles. The molecule has 15 heavy (non-hydrogen) atoms. The zero-order valence-corrected chi connectivity index (χ0v) is 8.48. The number of hydrogen-bond donors (Lipinski definition) is 0. The smallest absolute Gasteiger partial charge is 0.310 e. The average molecular weight is 206 g/mol. The SMILES string of the molecule is COC(=O)Cc1ccc(OC)nc1C#N. The van der Waals surface area contributed by atoms with E-state index < -0.39 is 5.97 Å². The standard InChI is InChI=1S/C10H10N2O3/c1-14-9-4-3-7(5-10(13)15-2)8(6-11)12-9/h3-4H,5H2,1-2H3. The Kier molecular flexibility index (Phi) is 3.63. The lowest BCUT2D eigenvalue weighted by atomic mass is 10.1. The van der Waals surface area contributed by atoms with E-state index in [-0.39, 0.29) is 12.1 Å². The highest BCUT2D eigenvalue weighted by Crippen LogP contribution is 2.12. The molecule has 0 atom stereocenters. The minimum atomic E-state index is -0.404. The normalized spacial score (nSPS) is 9.13. The molecule has 0 aliphatic rings. The first-order valence-corrected chi connectivity index (χ1v) is 4.22. The molecule has 0 saturated heterocycles. The van der Waals surface area contributed by atoms with Gasteiger partial charge in [-0.1, -0.05) is 6.07 Å². The summed E-state index contributed by atoms with van der Waals surface area (Å²) in [5.74, 6) is -0.0568. The van der Waals surface area contributed by atoms with E-state index in [1.807, 2.05) is 6.07 Å². The van der Waals surface area contributed by atoms with Crippen LogP contribution in [0.3, 0.4) is 0 Å². The molecule has 5 heteroatoms. The van der Waals surface area contributed by atoms with E-state index in [0.29, 0.717) is 11.4 Å². The number of hydrogen-bond acceptors (Lipinski definition) is 5. The lowest BCUT2D eigenvalue weighted by Crippen LogP contribution is -2.07. The number of carbonyl (C=O) groups excluding carboxylic acids is 1. The zero-order valence-electron chi connectivity index (χ0n) is 8.48. The number of pyridine rings is 1. The zero-order chi connectivity index (χ0) is 11.3. The third kappa shape index (κ3) is 2.68. The first kappa shape index (κ1) is 11.0. The largest absolute Gasteiger partial charge is 0.481 e. The van der Waals surface area contributed by atoms with E-state index in [1.165, 1.54) is 14.2 Å². The summed E-state index contributed by atoms with van der Waals surface area (Å²) in [7, 11) is 2.76.